The van der Waals surface area contributed by atoms with Crippen LogP contribution in [-0.2, 0) is 38.4 Å². The minimum Gasteiger partial charge on any atom is -0.370 e. The SMILES string of the molecule is CC(=O)N[C@@H](CCC(N)=O)C(=O)N[C@@H](CCCN)C(=O)N[C@@H](CCC(N)=O)C(=O)N[C@@H](CCC(N)=O)C(C)=O. The van der Waals surface area contributed by atoms with Gasteiger partial charge >= 0.3 is 0 Å². The van der Waals surface area contributed by atoms with Crippen molar-refractivity contribution in [3.63, 3.8) is 0 Å². The van der Waals surface area contributed by atoms with Crippen molar-refractivity contribution in [3.05, 3.63) is 0 Å². The fraction of sp³-hybridized carbons (Fsp3) is 0.652. The monoisotopic (exact) mass is 556 g/mol. The summed E-state index contributed by atoms with van der Waals surface area (Å²) in [6.45, 7) is 2.54. The van der Waals surface area contributed by atoms with Crippen molar-refractivity contribution in [2.45, 2.75) is 89.4 Å². The van der Waals surface area contributed by atoms with E-state index in [1.807, 2.05) is 0 Å². The van der Waals surface area contributed by atoms with Crippen LogP contribution in [-0.4, -0.2) is 77.8 Å². The summed E-state index contributed by atoms with van der Waals surface area (Å²) >= 11 is 0. The van der Waals surface area contributed by atoms with E-state index in [1.54, 1.807) is 0 Å². The number of hydrogen-bond donors (Lipinski definition) is 8. The number of carbonyl (C=O) groups is 8. The number of nitrogens with one attached hydrogen (secondary N) is 4. The number of Topliss-reactive ketones (excluding diaryl/α,β-unsaturated/α-hetero) is 1. The average molecular weight is 557 g/mol. The van der Waals surface area contributed by atoms with E-state index in [0.29, 0.717) is 6.42 Å². The van der Waals surface area contributed by atoms with Crippen LogP contribution >= 0.6 is 0 Å². The lowest BCUT2D eigenvalue weighted by atomic mass is 10.0. The first-order chi connectivity index (χ1) is 18.2. The van der Waals surface area contributed by atoms with E-state index in [0.717, 1.165) is 0 Å². The third-order valence-corrected chi connectivity index (χ3v) is 5.50. The predicted octanol–water partition coefficient (Wildman–Crippen LogP) is -3.93. The Bertz CT molecular complexity index is 926. The van der Waals surface area contributed by atoms with Crippen molar-refractivity contribution in [2.75, 3.05) is 6.54 Å². The van der Waals surface area contributed by atoms with Gasteiger partial charge in [0.15, 0.2) is 5.78 Å². The third-order valence-electron chi connectivity index (χ3n) is 5.50. The lowest BCUT2D eigenvalue weighted by molar-refractivity contribution is -0.134. The van der Waals surface area contributed by atoms with E-state index in [1.165, 1.54) is 13.8 Å². The minimum absolute atomic E-state index is 0.0511. The molecule has 4 atom stereocenters. The van der Waals surface area contributed by atoms with E-state index in [9.17, 15) is 38.4 Å². The quantitative estimate of drug-likeness (QED) is 0.0725. The van der Waals surface area contributed by atoms with Crippen molar-refractivity contribution < 1.29 is 38.4 Å². The zero-order chi connectivity index (χ0) is 30.1. The molecule has 7 amide bonds. The van der Waals surface area contributed by atoms with Crippen LogP contribution in [0.1, 0.15) is 65.2 Å². The number of amides is 7. The molecule has 220 valence electrons. The molecule has 0 fully saturated rings. The Morgan fingerprint density at radius 2 is 0.872 bits per heavy atom. The van der Waals surface area contributed by atoms with E-state index < -0.39 is 71.3 Å². The highest BCUT2D eigenvalue weighted by molar-refractivity contribution is 5.95. The second-order valence-corrected chi connectivity index (χ2v) is 8.99. The Kier molecular flexibility index (Phi) is 16.3. The van der Waals surface area contributed by atoms with E-state index in [4.69, 9.17) is 22.9 Å². The number of hydrogen-bond acceptors (Lipinski definition) is 9. The lowest BCUT2D eigenvalue weighted by Crippen LogP contribution is -2.57. The van der Waals surface area contributed by atoms with Crippen LogP contribution in [0.2, 0.25) is 0 Å². The molecule has 0 spiro atoms. The zero-order valence-electron chi connectivity index (χ0n) is 22.2. The molecular weight excluding hydrogens is 516 g/mol. The van der Waals surface area contributed by atoms with Crippen LogP contribution in [0.15, 0.2) is 0 Å². The first-order valence-electron chi connectivity index (χ1n) is 12.4. The molecular formula is C23H40N8O8. The van der Waals surface area contributed by atoms with E-state index in [2.05, 4.69) is 21.3 Å². The van der Waals surface area contributed by atoms with Gasteiger partial charge in [0.25, 0.3) is 0 Å². The second-order valence-electron chi connectivity index (χ2n) is 8.99. The summed E-state index contributed by atoms with van der Waals surface area (Å²) in [4.78, 5) is 96.0. The molecule has 0 radical (unpaired) electrons. The highest BCUT2D eigenvalue weighted by Gasteiger charge is 2.30. The molecule has 0 aliphatic rings. The molecule has 0 aromatic carbocycles. The Labute approximate surface area is 226 Å². The normalized spacial score (nSPS) is 13.6. The maximum atomic E-state index is 13.1. The molecule has 16 nitrogen and oxygen atoms in total. The van der Waals surface area contributed by atoms with Crippen LogP contribution in [0, 0.1) is 0 Å². The molecule has 12 N–H and O–H groups in total. The van der Waals surface area contributed by atoms with Crippen molar-refractivity contribution in [2.24, 2.45) is 22.9 Å². The Balaban J connectivity index is 5.76. The molecule has 0 aromatic heterocycles. The van der Waals surface area contributed by atoms with Gasteiger partial charge in [0.05, 0.1) is 6.04 Å². The van der Waals surface area contributed by atoms with Crippen LogP contribution in [0.25, 0.3) is 0 Å². The molecule has 0 aliphatic heterocycles. The summed E-state index contributed by atoms with van der Waals surface area (Å²) < 4.78 is 0. The summed E-state index contributed by atoms with van der Waals surface area (Å²) in [6, 6.07) is -4.79. The molecule has 0 saturated heterocycles. The number of primary amides is 3. The fourth-order valence-electron chi connectivity index (χ4n) is 3.43. The number of carbonyl (C=O) groups excluding carboxylic acids is 8. The number of rotatable bonds is 20. The second kappa shape index (κ2) is 18.2. The first-order valence-corrected chi connectivity index (χ1v) is 12.4. The Morgan fingerprint density at radius 1 is 0.538 bits per heavy atom. The summed E-state index contributed by atoms with van der Waals surface area (Å²) in [7, 11) is 0. The smallest absolute Gasteiger partial charge is 0.243 e. The summed E-state index contributed by atoms with van der Waals surface area (Å²) in [5, 5.41) is 9.74. The van der Waals surface area contributed by atoms with Gasteiger partial charge in [-0.1, -0.05) is 0 Å². The molecule has 0 saturated carbocycles. The molecule has 0 aromatic rings. The van der Waals surface area contributed by atoms with Gasteiger partial charge in [-0.3, -0.25) is 38.4 Å². The van der Waals surface area contributed by atoms with Gasteiger partial charge in [0, 0.05) is 26.2 Å². The average Bonchev–Trinajstić information content (AvgIpc) is 2.83. The topological polar surface area (TPSA) is 289 Å². The molecule has 0 rings (SSSR count). The molecule has 0 unspecified atom stereocenters. The summed E-state index contributed by atoms with van der Waals surface area (Å²) in [5.74, 6) is -5.55. The number of ketones is 1. The molecule has 39 heavy (non-hydrogen) atoms. The summed E-state index contributed by atoms with van der Waals surface area (Å²) in [5.41, 5.74) is 21.0. The minimum atomic E-state index is -1.33. The molecule has 0 heterocycles. The third kappa shape index (κ3) is 15.7. The maximum absolute atomic E-state index is 13.1. The molecule has 0 bridgehead atoms. The van der Waals surface area contributed by atoms with Gasteiger partial charge in [-0.25, -0.2) is 0 Å². The van der Waals surface area contributed by atoms with Gasteiger partial charge in [0.2, 0.25) is 41.4 Å². The van der Waals surface area contributed by atoms with Crippen molar-refractivity contribution in [1.82, 2.24) is 21.3 Å². The first kappa shape index (κ1) is 34.9. The van der Waals surface area contributed by atoms with Gasteiger partial charge in [-0.05, 0) is 45.6 Å². The number of nitrogens with two attached hydrogens (primary N) is 4. The molecule has 0 aliphatic carbocycles. The standard InChI is InChI=1S/C23H40N8O8/c1-12(32)14(5-8-18(25)34)29-23(39)17(7-10-20(27)36)31-21(37)15(4-3-11-24)30-22(38)16(28-13(2)33)6-9-19(26)35/h14-17H,3-11,24H2,1-2H3,(H2,25,34)(H2,26,35)(H2,27,36)(H,28,33)(H,29,39)(H,30,38)(H,31,37)/t14-,15-,16-,17-/m0/s1. The van der Waals surface area contributed by atoms with E-state index in [-0.39, 0.29) is 51.5 Å². The van der Waals surface area contributed by atoms with Gasteiger partial charge in [-0.2, -0.15) is 0 Å². The lowest BCUT2D eigenvalue weighted by Gasteiger charge is -2.26. The summed E-state index contributed by atoms with van der Waals surface area (Å²) in [6.07, 6.45) is -0.745. The zero-order valence-corrected chi connectivity index (χ0v) is 22.2. The van der Waals surface area contributed by atoms with Gasteiger partial charge < -0.3 is 44.2 Å². The van der Waals surface area contributed by atoms with Crippen LogP contribution in [0.5, 0.6) is 0 Å². The Hall–Kier alpha value is -4.08. The fourth-order valence-corrected chi connectivity index (χ4v) is 3.43. The van der Waals surface area contributed by atoms with Gasteiger partial charge in [0.1, 0.15) is 18.1 Å². The van der Waals surface area contributed by atoms with Crippen molar-refractivity contribution in [3.8, 4) is 0 Å². The van der Waals surface area contributed by atoms with Crippen LogP contribution in [0.4, 0.5) is 0 Å². The van der Waals surface area contributed by atoms with Crippen molar-refractivity contribution in [1.29, 1.82) is 0 Å². The highest BCUT2D eigenvalue weighted by atomic mass is 16.2. The Morgan fingerprint density at radius 3 is 1.21 bits per heavy atom. The predicted molar refractivity (Wildman–Crippen MR) is 138 cm³/mol. The van der Waals surface area contributed by atoms with E-state index >= 15 is 0 Å². The van der Waals surface area contributed by atoms with Crippen molar-refractivity contribution >= 4 is 47.1 Å². The largest absolute Gasteiger partial charge is 0.370 e. The van der Waals surface area contributed by atoms with Gasteiger partial charge in [-0.15, -0.1) is 0 Å². The van der Waals surface area contributed by atoms with Crippen LogP contribution < -0.4 is 44.2 Å². The van der Waals surface area contributed by atoms with Crippen LogP contribution in [0.3, 0.4) is 0 Å². The maximum Gasteiger partial charge on any atom is 0.243 e. The molecule has 16 heteroatoms. The highest BCUT2D eigenvalue weighted by Crippen LogP contribution is 2.06.